The van der Waals surface area contributed by atoms with E-state index in [1.54, 1.807) is 0 Å². The van der Waals surface area contributed by atoms with Crippen LogP contribution in [0.4, 0.5) is 0 Å². The highest BCUT2D eigenvalue weighted by molar-refractivity contribution is 7.47. The van der Waals surface area contributed by atoms with Gasteiger partial charge in [0.1, 0.15) is 19.3 Å². The summed E-state index contributed by atoms with van der Waals surface area (Å²) in [5, 5.41) is 0. The standard InChI is InChI=1S/C60H118NO7P/c1-6-8-10-12-14-16-18-20-22-24-26-28-29-30-31-32-34-36-38-40-42-44-46-48-50-52-55-65-57-59(58-67-69(63,64)66-56-54-61(3,4)5)68-60(62)53-51-49-47-45-43-41-39-37-35-33-27-25-23-21-19-17-15-13-11-9-7-2/h19,21,25,27,59H,6-18,20,22-24,26,28-58H2,1-5H3/p+1/b21-19-,27-25-. The quantitative estimate of drug-likeness (QED) is 0.0213. The average molecular weight is 998 g/mol. The zero-order valence-electron chi connectivity index (χ0n) is 46.8. The highest BCUT2D eigenvalue weighted by atomic mass is 31.2. The van der Waals surface area contributed by atoms with Crippen LogP contribution in [0.2, 0.25) is 0 Å². The minimum atomic E-state index is -4.28. The number of phosphoric ester groups is 1. The van der Waals surface area contributed by atoms with Crippen molar-refractivity contribution in [3.05, 3.63) is 24.3 Å². The minimum absolute atomic E-state index is 0.0904. The number of allylic oxidation sites excluding steroid dienone is 4. The van der Waals surface area contributed by atoms with Gasteiger partial charge >= 0.3 is 13.8 Å². The lowest BCUT2D eigenvalue weighted by Gasteiger charge is -2.24. The van der Waals surface area contributed by atoms with E-state index in [9.17, 15) is 14.3 Å². The van der Waals surface area contributed by atoms with Crippen LogP contribution in [0.3, 0.4) is 0 Å². The van der Waals surface area contributed by atoms with Gasteiger partial charge in [0, 0.05) is 13.0 Å². The van der Waals surface area contributed by atoms with Gasteiger partial charge in [-0.05, 0) is 44.9 Å². The first-order chi connectivity index (χ1) is 33.6. The Morgan fingerprint density at radius 3 is 1.17 bits per heavy atom. The number of nitrogens with zero attached hydrogens (tertiary/aromatic N) is 1. The summed E-state index contributed by atoms with van der Waals surface area (Å²) in [5.41, 5.74) is 0. The van der Waals surface area contributed by atoms with Gasteiger partial charge in [-0.3, -0.25) is 13.8 Å². The molecule has 1 N–H and O–H groups in total. The van der Waals surface area contributed by atoms with Crippen LogP contribution in [-0.2, 0) is 27.9 Å². The minimum Gasteiger partial charge on any atom is -0.457 e. The molecule has 0 saturated heterocycles. The molecule has 0 saturated carbocycles. The summed E-state index contributed by atoms with van der Waals surface area (Å²) >= 11 is 0. The summed E-state index contributed by atoms with van der Waals surface area (Å²) in [6.45, 7) is 5.68. The number of hydrogen-bond donors (Lipinski definition) is 1. The van der Waals surface area contributed by atoms with Crippen molar-refractivity contribution >= 4 is 13.8 Å². The molecule has 0 amide bonds. The maximum absolute atomic E-state index is 12.8. The van der Waals surface area contributed by atoms with Crippen LogP contribution in [0.15, 0.2) is 24.3 Å². The van der Waals surface area contributed by atoms with Gasteiger partial charge in [0.25, 0.3) is 0 Å². The summed E-state index contributed by atoms with van der Waals surface area (Å²) in [6, 6.07) is 0. The summed E-state index contributed by atoms with van der Waals surface area (Å²) in [4.78, 5) is 23.1. The Balaban J connectivity index is 4.01. The second kappa shape index (κ2) is 53.3. The third kappa shape index (κ3) is 57.8. The molecule has 0 aromatic heterocycles. The average Bonchev–Trinajstić information content (AvgIpc) is 3.31. The molecule has 9 heteroatoms. The highest BCUT2D eigenvalue weighted by Crippen LogP contribution is 2.43. The summed E-state index contributed by atoms with van der Waals surface area (Å²) < 4.78 is 35.3. The van der Waals surface area contributed by atoms with E-state index in [2.05, 4.69) is 38.2 Å². The number of hydrogen-bond acceptors (Lipinski definition) is 6. The van der Waals surface area contributed by atoms with Crippen molar-refractivity contribution in [2.75, 3.05) is 54.1 Å². The van der Waals surface area contributed by atoms with E-state index in [1.165, 1.54) is 238 Å². The molecular formula is C60H119NO7P+. The number of quaternary nitrogens is 1. The molecule has 0 heterocycles. The largest absolute Gasteiger partial charge is 0.472 e. The Kier molecular flexibility index (Phi) is 52.5. The lowest BCUT2D eigenvalue weighted by Crippen LogP contribution is -2.37. The fourth-order valence-corrected chi connectivity index (χ4v) is 9.62. The van der Waals surface area contributed by atoms with Gasteiger partial charge in [0.2, 0.25) is 0 Å². The molecule has 410 valence electrons. The zero-order chi connectivity index (χ0) is 50.5. The molecule has 8 nitrogen and oxygen atoms in total. The van der Waals surface area contributed by atoms with Crippen LogP contribution in [-0.4, -0.2) is 75.6 Å². The van der Waals surface area contributed by atoms with Gasteiger partial charge in [-0.25, -0.2) is 4.57 Å². The van der Waals surface area contributed by atoms with E-state index in [-0.39, 0.29) is 25.8 Å². The van der Waals surface area contributed by atoms with E-state index in [1.807, 2.05) is 21.1 Å². The molecule has 0 aliphatic rings. The Bertz CT molecular complexity index is 1160. The monoisotopic (exact) mass is 997 g/mol. The smallest absolute Gasteiger partial charge is 0.457 e. The molecule has 0 aromatic carbocycles. The predicted octanol–water partition coefficient (Wildman–Crippen LogP) is 19.1. The first kappa shape index (κ1) is 68.0. The Labute approximate surface area is 430 Å². The number of ether oxygens (including phenoxy) is 2. The fraction of sp³-hybridized carbons (Fsp3) is 0.917. The number of phosphoric acid groups is 1. The summed E-state index contributed by atoms with van der Waals surface area (Å²) in [7, 11) is 1.68. The van der Waals surface area contributed by atoms with Gasteiger partial charge in [0.05, 0.1) is 34.4 Å². The molecule has 2 unspecified atom stereocenters. The van der Waals surface area contributed by atoms with Crippen molar-refractivity contribution in [3.63, 3.8) is 0 Å². The molecule has 0 aromatic rings. The van der Waals surface area contributed by atoms with Gasteiger partial charge in [-0.1, -0.05) is 269 Å². The molecule has 0 aliphatic carbocycles. The topological polar surface area (TPSA) is 91.3 Å². The first-order valence-electron chi connectivity index (χ1n) is 30.1. The molecule has 0 aliphatic heterocycles. The van der Waals surface area contributed by atoms with Crippen LogP contribution < -0.4 is 0 Å². The van der Waals surface area contributed by atoms with E-state index in [0.717, 1.165) is 38.5 Å². The fourth-order valence-electron chi connectivity index (χ4n) is 8.88. The van der Waals surface area contributed by atoms with E-state index in [4.69, 9.17) is 18.5 Å². The molecule has 69 heavy (non-hydrogen) atoms. The Hall–Kier alpha value is -1.02. The Morgan fingerprint density at radius 1 is 0.449 bits per heavy atom. The number of carbonyl (C=O) groups is 1. The number of carbonyl (C=O) groups excluding carboxylic acids is 1. The second-order valence-corrected chi connectivity index (χ2v) is 23.2. The number of rotatable bonds is 57. The molecule has 0 radical (unpaired) electrons. The van der Waals surface area contributed by atoms with Gasteiger partial charge in [0.15, 0.2) is 0 Å². The second-order valence-electron chi connectivity index (χ2n) is 21.7. The lowest BCUT2D eigenvalue weighted by atomic mass is 10.0. The van der Waals surface area contributed by atoms with Crippen molar-refractivity contribution in [1.82, 2.24) is 0 Å². The van der Waals surface area contributed by atoms with Crippen molar-refractivity contribution in [3.8, 4) is 0 Å². The van der Waals surface area contributed by atoms with Crippen LogP contribution >= 0.6 is 7.82 Å². The highest BCUT2D eigenvalue weighted by Gasteiger charge is 2.26. The number of likely N-dealkylation sites (N-methyl/N-ethyl adjacent to an activating group) is 1. The molecular weight excluding hydrogens is 878 g/mol. The molecule has 0 rings (SSSR count). The van der Waals surface area contributed by atoms with Gasteiger partial charge < -0.3 is 18.9 Å². The van der Waals surface area contributed by atoms with Crippen molar-refractivity contribution in [1.29, 1.82) is 0 Å². The SMILES string of the molecule is CCCCCCC/C=C\C/C=C\CCCCCCCCCCCC(=O)OC(COCCCCCCCCCCCCCCCCCCCCCCCCCCCC)COP(=O)(O)OCC[N+](C)(C)C. The molecule has 0 bridgehead atoms. The first-order valence-corrected chi connectivity index (χ1v) is 31.6. The van der Waals surface area contributed by atoms with E-state index in [0.29, 0.717) is 24.1 Å². The number of esters is 1. The molecule has 0 fully saturated rings. The maximum atomic E-state index is 12.8. The zero-order valence-corrected chi connectivity index (χ0v) is 47.7. The van der Waals surface area contributed by atoms with Crippen LogP contribution in [0.5, 0.6) is 0 Å². The van der Waals surface area contributed by atoms with Crippen molar-refractivity contribution < 1.29 is 37.3 Å². The van der Waals surface area contributed by atoms with Crippen molar-refractivity contribution in [2.24, 2.45) is 0 Å². The van der Waals surface area contributed by atoms with E-state index >= 15 is 0 Å². The van der Waals surface area contributed by atoms with Crippen LogP contribution in [0.25, 0.3) is 0 Å². The third-order valence-corrected chi connectivity index (χ3v) is 14.5. The maximum Gasteiger partial charge on any atom is 0.472 e. The predicted molar refractivity (Wildman–Crippen MR) is 298 cm³/mol. The van der Waals surface area contributed by atoms with Gasteiger partial charge in [-0.15, -0.1) is 0 Å². The molecule has 2 atom stereocenters. The van der Waals surface area contributed by atoms with Crippen LogP contribution in [0.1, 0.15) is 296 Å². The van der Waals surface area contributed by atoms with Crippen LogP contribution in [0, 0.1) is 0 Å². The summed E-state index contributed by atoms with van der Waals surface area (Å²) in [5.74, 6) is -0.311. The normalized spacial score (nSPS) is 13.5. The Morgan fingerprint density at radius 2 is 0.797 bits per heavy atom. The lowest BCUT2D eigenvalue weighted by molar-refractivity contribution is -0.870. The van der Waals surface area contributed by atoms with Crippen molar-refractivity contribution in [2.45, 2.75) is 302 Å². The number of unbranched alkanes of at least 4 members (excludes halogenated alkanes) is 39. The molecule has 0 spiro atoms. The third-order valence-electron chi connectivity index (χ3n) is 13.5. The van der Waals surface area contributed by atoms with E-state index < -0.39 is 13.9 Å². The summed E-state index contributed by atoms with van der Waals surface area (Å²) in [6.07, 6.45) is 65.4. The van der Waals surface area contributed by atoms with Gasteiger partial charge in [-0.2, -0.15) is 0 Å².